The van der Waals surface area contributed by atoms with Crippen LogP contribution in [0, 0.1) is 0 Å². The number of carbonyl (C=O) groups is 2. The zero-order valence-corrected chi connectivity index (χ0v) is 16.5. The average molecular weight is 436 g/mol. The molecule has 4 rings (SSSR count). The van der Waals surface area contributed by atoms with Crippen LogP contribution in [0.4, 0.5) is 8.78 Å². The number of alkyl halides is 2. The standard InChI is InChI=1S/C20H18F2N2O5S/c21-20(22)29-15-3-5-16(6-4-15)30(27,28)24-10-13-2-1-12(9-14(13)11-24)17-7-8-18(25)23-19(17)26/h1-6,9,17,20H,7-8,10-11H2,(H,23,25,26). The number of piperidine rings is 1. The molecule has 1 saturated heterocycles. The summed E-state index contributed by atoms with van der Waals surface area (Å²) in [5.74, 6) is -1.21. The smallest absolute Gasteiger partial charge is 0.387 e. The Balaban J connectivity index is 1.52. The number of carbonyl (C=O) groups excluding carboxylic acids is 2. The third kappa shape index (κ3) is 3.92. The summed E-state index contributed by atoms with van der Waals surface area (Å²) >= 11 is 0. The van der Waals surface area contributed by atoms with Crippen LogP contribution in [0.15, 0.2) is 47.4 Å². The lowest BCUT2D eigenvalue weighted by Crippen LogP contribution is -2.39. The van der Waals surface area contributed by atoms with Crippen molar-refractivity contribution in [1.82, 2.24) is 9.62 Å². The second kappa shape index (κ2) is 7.77. The maximum absolute atomic E-state index is 12.9. The third-order valence-corrected chi connectivity index (χ3v) is 7.06. The number of hydrogen-bond donors (Lipinski definition) is 1. The fraction of sp³-hybridized carbons (Fsp3) is 0.300. The summed E-state index contributed by atoms with van der Waals surface area (Å²) in [4.78, 5) is 23.4. The molecule has 0 radical (unpaired) electrons. The van der Waals surface area contributed by atoms with Gasteiger partial charge in [-0.2, -0.15) is 13.1 Å². The van der Waals surface area contributed by atoms with Gasteiger partial charge >= 0.3 is 6.61 Å². The Labute approximate surface area is 171 Å². The molecule has 1 atom stereocenters. The summed E-state index contributed by atoms with van der Waals surface area (Å²) in [5.41, 5.74) is 2.36. The molecule has 2 aromatic carbocycles. The second-order valence-electron chi connectivity index (χ2n) is 7.15. The second-order valence-corrected chi connectivity index (χ2v) is 9.09. The number of hydrogen-bond acceptors (Lipinski definition) is 5. The molecule has 2 aromatic rings. The SMILES string of the molecule is O=C1CCC(c2ccc3c(c2)CN(S(=O)(=O)c2ccc(OC(F)F)cc2)C3)C(=O)N1. The highest BCUT2D eigenvalue weighted by atomic mass is 32.2. The third-order valence-electron chi connectivity index (χ3n) is 5.25. The van der Waals surface area contributed by atoms with E-state index < -0.39 is 22.6 Å². The Hall–Kier alpha value is -2.85. The Morgan fingerprint density at radius 2 is 1.73 bits per heavy atom. The van der Waals surface area contributed by atoms with Gasteiger partial charge in [0.05, 0.1) is 10.8 Å². The van der Waals surface area contributed by atoms with Crippen LogP contribution in [0.3, 0.4) is 0 Å². The predicted molar refractivity (Wildman–Crippen MR) is 101 cm³/mol. The number of amides is 2. The number of sulfonamides is 1. The van der Waals surface area contributed by atoms with Crippen LogP contribution in [-0.4, -0.2) is 31.1 Å². The Bertz CT molecular complexity index is 1100. The molecule has 0 spiro atoms. The number of nitrogens with zero attached hydrogens (tertiary/aromatic N) is 1. The molecule has 1 unspecified atom stereocenters. The van der Waals surface area contributed by atoms with Crippen LogP contribution in [0.5, 0.6) is 5.75 Å². The molecule has 2 amide bonds. The predicted octanol–water partition coefficient (Wildman–Crippen LogP) is 2.51. The number of benzene rings is 2. The lowest BCUT2D eigenvalue weighted by molar-refractivity contribution is -0.134. The molecule has 2 aliphatic heterocycles. The van der Waals surface area contributed by atoms with Gasteiger partial charge in [0.25, 0.3) is 0 Å². The summed E-state index contributed by atoms with van der Waals surface area (Å²) in [6.45, 7) is -2.68. The van der Waals surface area contributed by atoms with E-state index in [1.807, 2.05) is 6.07 Å². The van der Waals surface area contributed by atoms with Gasteiger partial charge in [0.1, 0.15) is 5.75 Å². The van der Waals surface area contributed by atoms with Gasteiger partial charge in [-0.15, -0.1) is 0 Å². The van der Waals surface area contributed by atoms with E-state index in [0.29, 0.717) is 6.42 Å². The molecular formula is C20H18F2N2O5S. The zero-order chi connectivity index (χ0) is 21.5. The molecule has 10 heteroatoms. The van der Waals surface area contributed by atoms with Gasteiger partial charge < -0.3 is 4.74 Å². The normalized spacial score (nSPS) is 19.6. The minimum absolute atomic E-state index is 0.0256. The summed E-state index contributed by atoms with van der Waals surface area (Å²) < 4.78 is 56.0. The average Bonchev–Trinajstić information content (AvgIpc) is 3.12. The minimum Gasteiger partial charge on any atom is -0.435 e. The number of halogens is 2. The molecule has 2 aliphatic rings. The lowest BCUT2D eigenvalue weighted by Gasteiger charge is -2.21. The van der Waals surface area contributed by atoms with Gasteiger partial charge in [0.15, 0.2) is 0 Å². The van der Waals surface area contributed by atoms with Gasteiger partial charge in [-0.3, -0.25) is 14.9 Å². The first kappa shape index (κ1) is 20.4. The lowest BCUT2D eigenvalue weighted by atomic mass is 9.89. The number of imide groups is 1. The quantitative estimate of drug-likeness (QED) is 0.727. The number of rotatable bonds is 5. The topological polar surface area (TPSA) is 92.8 Å². The van der Waals surface area contributed by atoms with Crippen molar-refractivity contribution in [1.29, 1.82) is 0 Å². The van der Waals surface area contributed by atoms with Crippen LogP contribution in [0.1, 0.15) is 35.4 Å². The first-order valence-corrected chi connectivity index (χ1v) is 10.7. The Morgan fingerprint density at radius 1 is 1.03 bits per heavy atom. The van der Waals surface area contributed by atoms with Crippen LogP contribution < -0.4 is 10.1 Å². The van der Waals surface area contributed by atoms with Gasteiger partial charge in [0, 0.05) is 19.5 Å². The van der Waals surface area contributed by atoms with Crippen LogP contribution >= 0.6 is 0 Å². The van der Waals surface area contributed by atoms with Gasteiger partial charge in [0.2, 0.25) is 21.8 Å². The maximum Gasteiger partial charge on any atom is 0.387 e. The first-order valence-electron chi connectivity index (χ1n) is 9.24. The van der Waals surface area contributed by atoms with Gasteiger partial charge in [-0.25, -0.2) is 8.42 Å². The zero-order valence-electron chi connectivity index (χ0n) is 15.7. The monoisotopic (exact) mass is 436 g/mol. The maximum atomic E-state index is 12.9. The van der Waals surface area contributed by atoms with E-state index >= 15 is 0 Å². The Kier molecular flexibility index (Phi) is 5.29. The van der Waals surface area contributed by atoms with Crippen molar-refractivity contribution in [2.24, 2.45) is 0 Å². The summed E-state index contributed by atoms with van der Waals surface area (Å²) in [6, 6.07) is 10.2. The van der Waals surface area contributed by atoms with E-state index in [1.165, 1.54) is 28.6 Å². The molecule has 0 saturated carbocycles. The van der Waals surface area contributed by atoms with Crippen molar-refractivity contribution >= 4 is 21.8 Å². The summed E-state index contributed by atoms with van der Waals surface area (Å²) in [7, 11) is -3.84. The molecule has 1 fully saturated rings. The Morgan fingerprint density at radius 3 is 2.40 bits per heavy atom. The van der Waals surface area contributed by atoms with E-state index in [0.717, 1.165) is 16.7 Å². The number of fused-ring (bicyclic) bond motifs is 1. The van der Waals surface area contributed by atoms with Crippen LogP contribution in [-0.2, 0) is 32.7 Å². The molecule has 158 valence electrons. The number of ether oxygens (including phenoxy) is 1. The van der Waals surface area contributed by atoms with Gasteiger partial charge in [-0.05, 0) is 47.4 Å². The van der Waals surface area contributed by atoms with Crippen molar-refractivity contribution in [2.45, 2.75) is 43.4 Å². The van der Waals surface area contributed by atoms with Crippen molar-refractivity contribution in [3.05, 3.63) is 59.2 Å². The highest BCUT2D eigenvalue weighted by Crippen LogP contribution is 2.33. The van der Waals surface area contributed by atoms with E-state index in [4.69, 9.17) is 0 Å². The molecule has 0 aromatic heterocycles. The van der Waals surface area contributed by atoms with Crippen molar-refractivity contribution in [3.63, 3.8) is 0 Å². The van der Waals surface area contributed by atoms with Gasteiger partial charge in [-0.1, -0.05) is 18.2 Å². The van der Waals surface area contributed by atoms with E-state index in [1.54, 1.807) is 12.1 Å². The molecule has 7 nitrogen and oxygen atoms in total. The first-order chi connectivity index (χ1) is 14.2. The molecule has 1 N–H and O–H groups in total. The summed E-state index contributed by atoms with van der Waals surface area (Å²) in [6.07, 6.45) is 0.678. The molecular weight excluding hydrogens is 418 g/mol. The fourth-order valence-electron chi connectivity index (χ4n) is 3.72. The largest absolute Gasteiger partial charge is 0.435 e. The summed E-state index contributed by atoms with van der Waals surface area (Å²) in [5, 5.41) is 2.33. The molecule has 30 heavy (non-hydrogen) atoms. The molecule has 0 bridgehead atoms. The highest BCUT2D eigenvalue weighted by molar-refractivity contribution is 7.89. The van der Waals surface area contributed by atoms with Crippen LogP contribution in [0.2, 0.25) is 0 Å². The minimum atomic E-state index is -3.84. The van der Waals surface area contributed by atoms with Crippen molar-refractivity contribution < 1.29 is 31.5 Å². The number of nitrogens with one attached hydrogen (secondary N) is 1. The molecule has 0 aliphatic carbocycles. The van der Waals surface area contributed by atoms with Crippen LogP contribution in [0.25, 0.3) is 0 Å². The fourth-order valence-corrected chi connectivity index (χ4v) is 5.12. The van der Waals surface area contributed by atoms with E-state index in [-0.39, 0.29) is 42.0 Å². The highest BCUT2D eigenvalue weighted by Gasteiger charge is 2.33. The van der Waals surface area contributed by atoms with E-state index in [2.05, 4.69) is 10.1 Å². The van der Waals surface area contributed by atoms with E-state index in [9.17, 15) is 26.8 Å². The van der Waals surface area contributed by atoms with Crippen molar-refractivity contribution in [2.75, 3.05) is 0 Å². The molecule has 2 heterocycles. The van der Waals surface area contributed by atoms with Crippen molar-refractivity contribution in [3.8, 4) is 5.75 Å².